The van der Waals surface area contributed by atoms with Crippen molar-refractivity contribution in [3.05, 3.63) is 46.5 Å². The summed E-state index contributed by atoms with van der Waals surface area (Å²) in [5.74, 6) is 0.965. The fourth-order valence-electron chi connectivity index (χ4n) is 2.33. The largest absolute Gasteiger partial charge is 0.503 e. The fourth-order valence-corrected chi connectivity index (χ4v) is 2.55. The van der Waals surface area contributed by atoms with Crippen LogP contribution in [0.5, 0.6) is 23.0 Å². The normalized spacial score (nSPS) is 10.7. The van der Waals surface area contributed by atoms with Gasteiger partial charge in [-0.3, -0.25) is 4.79 Å². The quantitative estimate of drug-likeness (QED) is 0.532. The molecule has 0 heterocycles. The Morgan fingerprint density at radius 3 is 2.59 bits per heavy atom. The van der Waals surface area contributed by atoms with E-state index in [0.717, 1.165) is 5.56 Å². The third-order valence-electron chi connectivity index (χ3n) is 3.57. The number of benzene rings is 2. The lowest BCUT2D eigenvalue weighted by molar-refractivity contribution is -0.120. The summed E-state index contributed by atoms with van der Waals surface area (Å²) in [6, 6.07) is 8.34. The molecule has 0 unspecified atom stereocenters. The van der Waals surface area contributed by atoms with Crippen molar-refractivity contribution in [2.24, 2.45) is 5.10 Å². The van der Waals surface area contributed by atoms with E-state index in [0.29, 0.717) is 23.7 Å². The van der Waals surface area contributed by atoms with E-state index in [-0.39, 0.29) is 28.8 Å². The lowest BCUT2D eigenvalue weighted by atomic mass is 10.1. The molecule has 2 rings (SSSR count). The number of hydrogen-bond donors (Lipinski definition) is 2. The Kier molecular flexibility index (Phi) is 7.31. The van der Waals surface area contributed by atoms with Crippen LogP contribution in [0.1, 0.15) is 18.1 Å². The molecular formula is C19H21ClN2O5. The van der Waals surface area contributed by atoms with Crippen molar-refractivity contribution >= 4 is 23.7 Å². The molecular weight excluding hydrogens is 372 g/mol. The van der Waals surface area contributed by atoms with Gasteiger partial charge in [0.1, 0.15) is 0 Å². The summed E-state index contributed by atoms with van der Waals surface area (Å²) in [5, 5.41) is 13.9. The first-order valence-corrected chi connectivity index (χ1v) is 8.54. The number of hydrogen-bond acceptors (Lipinski definition) is 6. The first kappa shape index (κ1) is 20.4. The van der Waals surface area contributed by atoms with Gasteiger partial charge in [-0.05, 0) is 42.3 Å². The predicted octanol–water partition coefficient (Wildman–Crippen LogP) is 3.15. The fraction of sp³-hybridized carbons (Fsp3) is 0.263. The van der Waals surface area contributed by atoms with E-state index in [4.69, 9.17) is 25.8 Å². The van der Waals surface area contributed by atoms with Crippen LogP contribution in [-0.4, -0.2) is 38.1 Å². The highest BCUT2D eigenvalue weighted by Crippen LogP contribution is 2.34. The summed E-state index contributed by atoms with van der Waals surface area (Å²) in [5.41, 5.74) is 3.78. The van der Waals surface area contributed by atoms with E-state index in [1.807, 2.05) is 0 Å². The number of hydrazone groups is 1. The second-order valence-corrected chi connectivity index (χ2v) is 5.85. The number of amides is 1. The van der Waals surface area contributed by atoms with Crippen LogP contribution in [0.25, 0.3) is 0 Å². The molecule has 0 aromatic heterocycles. The van der Waals surface area contributed by atoms with Gasteiger partial charge in [-0.25, -0.2) is 5.43 Å². The Morgan fingerprint density at radius 1 is 1.19 bits per heavy atom. The van der Waals surface area contributed by atoms with Crippen LogP contribution in [0, 0.1) is 0 Å². The third-order valence-corrected chi connectivity index (χ3v) is 3.85. The third kappa shape index (κ3) is 5.52. The number of carbonyl (C=O) groups excluding carboxylic acids is 1. The van der Waals surface area contributed by atoms with Crippen LogP contribution in [0.3, 0.4) is 0 Å². The van der Waals surface area contributed by atoms with E-state index < -0.39 is 0 Å². The van der Waals surface area contributed by atoms with Crippen LogP contribution in [0.2, 0.25) is 5.02 Å². The predicted molar refractivity (Wildman–Crippen MR) is 103 cm³/mol. The maximum absolute atomic E-state index is 12.1. The SMILES string of the molecule is CCOc1cc(/C=N\NC(=O)Cc2ccc(OC)c(OC)c2)cc(Cl)c1O. The minimum Gasteiger partial charge on any atom is -0.503 e. The van der Waals surface area contributed by atoms with E-state index >= 15 is 0 Å². The van der Waals surface area contributed by atoms with Crippen LogP contribution in [0.15, 0.2) is 35.4 Å². The van der Waals surface area contributed by atoms with Gasteiger partial charge in [-0.1, -0.05) is 17.7 Å². The molecule has 0 bridgehead atoms. The van der Waals surface area contributed by atoms with Gasteiger partial charge in [0.05, 0.1) is 38.5 Å². The van der Waals surface area contributed by atoms with Crippen molar-refractivity contribution in [1.29, 1.82) is 0 Å². The summed E-state index contributed by atoms with van der Waals surface area (Å²) in [4.78, 5) is 12.1. The molecule has 1 amide bonds. The van der Waals surface area contributed by atoms with Gasteiger partial charge < -0.3 is 19.3 Å². The van der Waals surface area contributed by atoms with Gasteiger partial charge in [0.2, 0.25) is 5.91 Å². The number of nitrogens with zero attached hydrogens (tertiary/aromatic N) is 1. The molecule has 0 fully saturated rings. The molecule has 27 heavy (non-hydrogen) atoms. The van der Waals surface area contributed by atoms with Crippen LogP contribution in [0.4, 0.5) is 0 Å². The van der Waals surface area contributed by atoms with Gasteiger partial charge in [-0.15, -0.1) is 0 Å². The number of phenolic OH excluding ortho intramolecular Hbond substituents is 1. The average Bonchev–Trinajstić information content (AvgIpc) is 2.65. The second-order valence-electron chi connectivity index (χ2n) is 5.44. The standard InChI is InChI=1S/C19H21ClN2O5/c1-4-27-17-9-13(7-14(20)19(17)24)11-21-22-18(23)10-12-5-6-15(25-2)16(8-12)26-3/h5-9,11,24H,4,10H2,1-3H3,(H,22,23)/b21-11-. The van der Waals surface area contributed by atoms with Gasteiger partial charge in [0.15, 0.2) is 23.0 Å². The van der Waals surface area contributed by atoms with Crippen molar-refractivity contribution in [2.75, 3.05) is 20.8 Å². The minimum absolute atomic E-state index is 0.123. The summed E-state index contributed by atoms with van der Waals surface area (Å²) in [6.07, 6.45) is 1.54. The van der Waals surface area contributed by atoms with Gasteiger partial charge >= 0.3 is 0 Å². The van der Waals surface area contributed by atoms with Crippen molar-refractivity contribution in [2.45, 2.75) is 13.3 Å². The number of carbonyl (C=O) groups is 1. The number of aromatic hydroxyl groups is 1. The lowest BCUT2D eigenvalue weighted by Crippen LogP contribution is -2.19. The highest BCUT2D eigenvalue weighted by molar-refractivity contribution is 6.32. The molecule has 2 N–H and O–H groups in total. The Morgan fingerprint density at radius 2 is 1.93 bits per heavy atom. The smallest absolute Gasteiger partial charge is 0.244 e. The molecule has 0 saturated carbocycles. The Labute approximate surface area is 162 Å². The zero-order chi connectivity index (χ0) is 19.8. The molecule has 7 nitrogen and oxygen atoms in total. The highest BCUT2D eigenvalue weighted by atomic mass is 35.5. The molecule has 0 atom stereocenters. The Balaban J connectivity index is 2.01. The highest BCUT2D eigenvalue weighted by Gasteiger charge is 2.10. The maximum atomic E-state index is 12.1. The van der Waals surface area contributed by atoms with Gasteiger partial charge in [0.25, 0.3) is 0 Å². The van der Waals surface area contributed by atoms with Gasteiger partial charge in [0, 0.05) is 0 Å². The van der Waals surface area contributed by atoms with Crippen molar-refractivity contribution in [3.8, 4) is 23.0 Å². The molecule has 2 aromatic carbocycles. The van der Waals surface area contributed by atoms with Gasteiger partial charge in [-0.2, -0.15) is 5.10 Å². The van der Waals surface area contributed by atoms with Crippen LogP contribution >= 0.6 is 11.6 Å². The van der Waals surface area contributed by atoms with Crippen LogP contribution < -0.4 is 19.6 Å². The molecule has 0 aliphatic heterocycles. The number of nitrogens with one attached hydrogen (secondary N) is 1. The van der Waals surface area contributed by atoms with Crippen molar-refractivity contribution in [1.82, 2.24) is 5.43 Å². The first-order valence-electron chi connectivity index (χ1n) is 8.16. The molecule has 0 saturated heterocycles. The first-order chi connectivity index (χ1) is 13.0. The molecule has 0 aliphatic rings. The molecule has 0 spiro atoms. The monoisotopic (exact) mass is 392 g/mol. The minimum atomic E-state index is -0.298. The van der Waals surface area contributed by atoms with Crippen LogP contribution in [-0.2, 0) is 11.2 Å². The molecule has 0 aliphatic carbocycles. The zero-order valence-electron chi connectivity index (χ0n) is 15.3. The van der Waals surface area contributed by atoms with Crippen molar-refractivity contribution < 1.29 is 24.1 Å². The number of rotatable bonds is 8. The lowest BCUT2D eigenvalue weighted by Gasteiger charge is -2.09. The Hall–Kier alpha value is -2.93. The molecule has 2 aromatic rings. The molecule has 0 radical (unpaired) electrons. The van der Waals surface area contributed by atoms with E-state index in [9.17, 15) is 9.90 Å². The zero-order valence-corrected chi connectivity index (χ0v) is 16.0. The Bertz CT molecular complexity index is 839. The van der Waals surface area contributed by atoms with E-state index in [1.54, 1.807) is 38.3 Å². The maximum Gasteiger partial charge on any atom is 0.244 e. The second kappa shape index (κ2) is 9.68. The number of ether oxygens (including phenoxy) is 3. The number of phenols is 1. The summed E-state index contributed by atoms with van der Waals surface area (Å²) in [7, 11) is 3.08. The average molecular weight is 393 g/mol. The summed E-state index contributed by atoms with van der Waals surface area (Å²) in [6.45, 7) is 2.18. The summed E-state index contributed by atoms with van der Waals surface area (Å²) >= 11 is 5.96. The van der Waals surface area contributed by atoms with Crippen molar-refractivity contribution in [3.63, 3.8) is 0 Å². The number of halogens is 1. The van der Waals surface area contributed by atoms with E-state index in [2.05, 4.69) is 10.5 Å². The molecule has 144 valence electrons. The van der Waals surface area contributed by atoms with E-state index in [1.165, 1.54) is 19.4 Å². The number of methoxy groups -OCH3 is 2. The topological polar surface area (TPSA) is 89.4 Å². The molecule has 8 heteroatoms. The summed E-state index contributed by atoms with van der Waals surface area (Å²) < 4.78 is 15.7.